The number of carbonyl (C=O) groups is 1. The number of anilines is 1. The number of carboxylic acid groups (broad SMARTS) is 1. The summed E-state index contributed by atoms with van der Waals surface area (Å²) in [4.78, 5) is 10.9. The first-order chi connectivity index (χ1) is 10.1. The number of aryl methyl sites for hydroxylation is 1. The topological polar surface area (TPSA) is 58.6 Å². The van der Waals surface area contributed by atoms with E-state index in [1.54, 1.807) is 19.2 Å². The van der Waals surface area contributed by atoms with Crippen molar-refractivity contribution in [3.05, 3.63) is 59.2 Å². The summed E-state index contributed by atoms with van der Waals surface area (Å²) in [5.41, 5.74) is 3.40. The van der Waals surface area contributed by atoms with E-state index < -0.39 is 5.97 Å². The van der Waals surface area contributed by atoms with Gasteiger partial charge < -0.3 is 15.2 Å². The molecule has 4 nitrogen and oxygen atoms in total. The van der Waals surface area contributed by atoms with E-state index in [1.165, 1.54) is 5.56 Å². The zero-order valence-corrected chi connectivity index (χ0v) is 12.2. The Morgan fingerprint density at radius 3 is 2.71 bits per heavy atom. The maximum Gasteiger partial charge on any atom is 0.335 e. The molecule has 2 N–H and O–H groups in total. The van der Waals surface area contributed by atoms with Crippen molar-refractivity contribution in [2.24, 2.45) is 0 Å². The minimum Gasteiger partial charge on any atom is -0.497 e. The van der Waals surface area contributed by atoms with Gasteiger partial charge in [0.15, 0.2) is 0 Å². The Morgan fingerprint density at radius 2 is 2.05 bits per heavy atom. The van der Waals surface area contributed by atoms with E-state index in [0.717, 1.165) is 30.0 Å². The Kier molecular flexibility index (Phi) is 4.82. The first-order valence-electron chi connectivity index (χ1n) is 6.81. The van der Waals surface area contributed by atoms with Crippen molar-refractivity contribution >= 4 is 11.7 Å². The predicted molar refractivity (Wildman–Crippen MR) is 83.3 cm³/mol. The maximum absolute atomic E-state index is 10.9. The SMILES string of the molecule is COc1cccc(CCNc2ccc(C(=O)O)cc2C)c1. The van der Waals surface area contributed by atoms with E-state index in [1.807, 2.05) is 31.2 Å². The van der Waals surface area contributed by atoms with Crippen LogP contribution in [0.4, 0.5) is 5.69 Å². The van der Waals surface area contributed by atoms with E-state index in [2.05, 4.69) is 11.4 Å². The quantitative estimate of drug-likeness (QED) is 0.854. The molecule has 0 spiro atoms. The van der Waals surface area contributed by atoms with Crippen LogP contribution in [0.2, 0.25) is 0 Å². The van der Waals surface area contributed by atoms with Crippen LogP contribution in [0.3, 0.4) is 0 Å². The van der Waals surface area contributed by atoms with Gasteiger partial charge in [-0.05, 0) is 54.8 Å². The van der Waals surface area contributed by atoms with Crippen LogP contribution in [0.15, 0.2) is 42.5 Å². The highest BCUT2D eigenvalue weighted by molar-refractivity contribution is 5.88. The lowest BCUT2D eigenvalue weighted by Crippen LogP contribution is -2.07. The van der Waals surface area contributed by atoms with Crippen molar-refractivity contribution in [1.29, 1.82) is 0 Å². The van der Waals surface area contributed by atoms with Crippen LogP contribution in [-0.4, -0.2) is 24.7 Å². The molecule has 0 radical (unpaired) electrons. The third-order valence-corrected chi connectivity index (χ3v) is 3.34. The van der Waals surface area contributed by atoms with Crippen LogP contribution in [0.25, 0.3) is 0 Å². The first-order valence-corrected chi connectivity index (χ1v) is 6.81. The van der Waals surface area contributed by atoms with Gasteiger partial charge in [0.05, 0.1) is 12.7 Å². The van der Waals surface area contributed by atoms with Crippen molar-refractivity contribution in [3.63, 3.8) is 0 Å². The zero-order valence-electron chi connectivity index (χ0n) is 12.2. The van der Waals surface area contributed by atoms with Crippen LogP contribution in [0, 0.1) is 6.92 Å². The van der Waals surface area contributed by atoms with Gasteiger partial charge in [0.1, 0.15) is 5.75 Å². The van der Waals surface area contributed by atoms with Crippen LogP contribution < -0.4 is 10.1 Å². The summed E-state index contributed by atoms with van der Waals surface area (Å²) in [6, 6.07) is 13.1. The molecule has 2 aromatic carbocycles. The van der Waals surface area contributed by atoms with E-state index in [-0.39, 0.29) is 0 Å². The number of nitrogens with one attached hydrogen (secondary N) is 1. The molecule has 0 atom stereocenters. The second kappa shape index (κ2) is 6.79. The fraction of sp³-hybridized carbons (Fsp3) is 0.235. The normalized spacial score (nSPS) is 10.2. The Labute approximate surface area is 124 Å². The minimum absolute atomic E-state index is 0.311. The second-order valence-corrected chi connectivity index (χ2v) is 4.86. The number of aromatic carboxylic acids is 1. The highest BCUT2D eigenvalue weighted by Gasteiger charge is 2.05. The molecular weight excluding hydrogens is 266 g/mol. The Morgan fingerprint density at radius 1 is 1.24 bits per heavy atom. The van der Waals surface area contributed by atoms with Gasteiger partial charge in [-0.1, -0.05) is 12.1 Å². The third-order valence-electron chi connectivity index (χ3n) is 3.34. The van der Waals surface area contributed by atoms with Crippen molar-refractivity contribution in [1.82, 2.24) is 0 Å². The van der Waals surface area contributed by atoms with Gasteiger partial charge in [-0.15, -0.1) is 0 Å². The summed E-state index contributed by atoms with van der Waals surface area (Å²) in [5, 5.41) is 12.3. The fourth-order valence-electron chi connectivity index (χ4n) is 2.16. The molecule has 0 unspecified atom stereocenters. The van der Waals surface area contributed by atoms with Gasteiger partial charge in [0.25, 0.3) is 0 Å². The molecule has 110 valence electrons. The number of benzene rings is 2. The van der Waals surface area contributed by atoms with E-state index >= 15 is 0 Å². The summed E-state index contributed by atoms with van der Waals surface area (Å²) in [6.07, 6.45) is 0.872. The largest absolute Gasteiger partial charge is 0.497 e. The zero-order chi connectivity index (χ0) is 15.2. The minimum atomic E-state index is -0.902. The van der Waals surface area contributed by atoms with Gasteiger partial charge >= 0.3 is 5.97 Å². The average Bonchev–Trinajstić information content (AvgIpc) is 2.49. The van der Waals surface area contributed by atoms with Crippen LogP contribution in [0.5, 0.6) is 5.75 Å². The number of hydrogen-bond donors (Lipinski definition) is 2. The van der Waals surface area contributed by atoms with E-state index in [4.69, 9.17) is 9.84 Å². The first kappa shape index (κ1) is 14.9. The Bertz CT molecular complexity index is 638. The Balaban J connectivity index is 1.95. The average molecular weight is 285 g/mol. The molecule has 0 bridgehead atoms. The summed E-state index contributed by atoms with van der Waals surface area (Å²) in [5.74, 6) is -0.0458. The molecule has 0 saturated carbocycles. The number of carboxylic acids is 1. The molecule has 2 aromatic rings. The molecule has 4 heteroatoms. The van der Waals surface area contributed by atoms with Crippen LogP contribution in [0.1, 0.15) is 21.5 Å². The molecule has 0 saturated heterocycles. The van der Waals surface area contributed by atoms with E-state index in [0.29, 0.717) is 5.56 Å². The molecular formula is C17H19NO3. The summed E-state index contributed by atoms with van der Waals surface area (Å²) >= 11 is 0. The number of rotatable bonds is 6. The lowest BCUT2D eigenvalue weighted by Gasteiger charge is -2.10. The smallest absolute Gasteiger partial charge is 0.335 e. The maximum atomic E-state index is 10.9. The van der Waals surface area contributed by atoms with Crippen LogP contribution in [-0.2, 0) is 6.42 Å². The fourth-order valence-corrected chi connectivity index (χ4v) is 2.16. The molecule has 0 amide bonds. The highest BCUT2D eigenvalue weighted by atomic mass is 16.5. The van der Waals surface area contributed by atoms with Crippen molar-refractivity contribution in [2.45, 2.75) is 13.3 Å². The molecule has 21 heavy (non-hydrogen) atoms. The molecule has 0 aliphatic rings. The molecule has 0 aliphatic heterocycles. The van der Waals surface area contributed by atoms with Gasteiger partial charge in [0.2, 0.25) is 0 Å². The van der Waals surface area contributed by atoms with E-state index in [9.17, 15) is 4.79 Å². The van der Waals surface area contributed by atoms with Gasteiger partial charge in [-0.2, -0.15) is 0 Å². The van der Waals surface area contributed by atoms with Crippen LogP contribution >= 0.6 is 0 Å². The monoisotopic (exact) mass is 285 g/mol. The molecule has 2 rings (SSSR count). The third kappa shape index (κ3) is 3.99. The summed E-state index contributed by atoms with van der Waals surface area (Å²) < 4.78 is 5.20. The number of methoxy groups -OCH3 is 1. The number of hydrogen-bond acceptors (Lipinski definition) is 3. The molecule has 0 heterocycles. The molecule has 0 aromatic heterocycles. The van der Waals surface area contributed by atoms with Gasteiger partial charge in [-0.25, -0.2) is 4.79 Å². The van der Waals surface area contributed by atoms with Crippen molar-refractivity contribution in [2.75, 3.05) is 19.0 Å². The summed E-state index contributed by atoms with van der Waals surface area (Å²) in [6.45, 7) is 2.68. The predicted octanol–water partition coefficient (Wildman–Crippen LogP) is 3.36. The highest BCUT2D eigenvalue weighted by Crippen LogP contribution is 2.17. The van der Waals surface area contributed by atoms with Gasteiger partial charge in [0, 0.05) is 12.2 Å². The van der Waals surface area contributed by atoms with Gasteiger partial charge in [-0.3, -0.25) is 0 Å². The lowest BCUT2D eigenvalue weighted by molar-refractivity contribution is 0.0697. The summed E-state index contributed by atoms with van der Waals surface area (Å²) in [7, 11) is 1.66. The molecule has 0 fully saturated rings. The second-order valence-electron chi connectivity index (χ2n) is 4.86. The van der Waals surface area contributed by atoms with Crippen molar-refractivity contribution < 1.29 is 14.6 Å². The molecule has 0 aliphatic carbocycles. The lowest BCUT2D eigenvalue weighted by atomic mass is 10.1. The Hall–Kier alpha value is -2.49. The standard InChI is InChI=1S/C17H19NO3/c1-12-10-14(17(19)20)6-7-16(12)18-9-8-13-4-3-5-15(11-13)21-2/h3-7,10-11,18H,8-9H2,1-2H3,(H,19,20). The number of ether oxygens (including phenoxy) is 1. The van der Waals surface area contributed by atoms with Crippen molar-refractivity contribution in [3.8, 4) is 5.75 Å².